The molecule has 1 atom stereocenters. The number of rotatable bonds is 4. The fraction of sp³-hybridized carbons (Fsp3) is 0.130. The molecule has 0 saturated carbocycles. The molecule has 0 fully saturated rings. The van der Waals surface area contributed by atoms with Crippen molar-refractivity contribution in [2.24, 2.45) is 7.05 Å². The lowest BCUT2D eigenvalue weighted by Gasteiger charge is -2.16. The summed E-state index contributed by atoms with van der Waals surface area (Å²) in [4.78, 5) is 13.0. The summed E-state index contributed by atoms with van der Waals surface area (Å²) in [6.45, 7) is 1.63. The van der Waals surface area contributed by atoms with Crippen LogP contribution < -0.4 is 0 Å². The standard InChI is InChI=1S/C23H16F2N8O/c1-12(33-23-22(30-31-33)27-10-18(29-23)19-4-3-5-34-19)20-16(24)7-17-15(21(20)25)6-13(8-26-17)14-9-28-32(2)11-14/h3-12H,1-2H3. The molecule has 5 heterocycles. The summed E-state index contributed by atoms with van der Waals surface area (Å²) in [6, 6.07) is 5.46. The Bertz CT molecular complexity index is 1670. The molecule has 0 aliphatic carbocycles. The average molecular weight is 458 g/mol. The normalized spacial score (nSPS) is 12.6. The zero-order valence-corrected chi connectivity index (χ0v) is 18.0. The van der Waals surface area contributed by atoms with Gasteiger partial charge >= 0.3 is 0 Å². The summed E-state index contributed by atoms with van der Waals surface area (Å²) >= 11 is 0. The van der Waals surface area contributed by atoms with E-state index in [1.54, 1.807) is 55.4 Å². The number of pyridine rings is 1. The molecule has 0 N–H and O–H groups in total. The molecule has 0 spiro atoms. The maximum atomic E-state index is 15.8. The topological polar surface area (TPSA) is 100 Å². The quantitative estimate of drug-likeness (QED) is 0.388. The van der Waals surface area contributed by atoms with Crippen LogP contribution in [-0.4, -0.2) is 39.7 Å². The van der Waals surface area contributed by atoms with Crippen molar-refractivity contribution in [3.63, 3.8) is 0 Å². The summed E-state index contributed by atoms with van der Waals surface area (Å²) in [7, 11) is 1.79. The highest BCUT2D eigenvalue weighted by Crippen LogP contribution is 2.32. The van der Waals surface area contributed by atoms with E-state index in [9.17, 15) is 0 Å². The molecule has 6 aromatic rings. The SMILES string of the molecule is CC(c1c(F)cc2ncc(-c3cnn(C)c3)cc2c1F)n1nnc2ncc(-c3ccco3)nc21. The number of furan rings is 1. The van der Waals surface area contributed by atoms with E-state index in [0.717, 1.165) is 5.56 Å². The highest BCUT2D eigenvalue weighted by Gasteiger charge is 2.25. The molecule has 1 aromatic carbocycles. The van der Waals surface area contributed by atoms with Gasteiger partial charge in [-0.25, -0.2) is 23.4 Å². The summed E-state index contributed by atoms with van der Waals surface area (Å²) in [5.41, 5.74) is 2.48. The second-order valence-electron chi connectivity index (χ2n) is 7.87. The van der Waals surface area contributed by atoms with E-state index in [-0.39, 0.29) is 27.8 Å². The van der Waals surface area contributed by atoms with Gasteiger partial charge in [0.15, 0.2) is 11.4 Å². The molecule has 34 heavy (non-hydrogen) atoms. The minimum absolute atomic E-state index is 0.172. The fourth-order valence-corrected chi connectivity index (χ4v) is 3.98. The van der Waals surface area contributed by atoms with Crippen molar-refractivity contribution in [2.75, 3.05) is 0 Å². The number of halogens is 2. The third-order valence-electron chi connectivity index (χ3n) is 5.70. The molecule has 6 rings (SSSR count). The Kier molecular flexibility index (Phi) is 4.44. The molecule has 168 valence electrons. The van der Waals surface area contributed by atoms with Crippen molar-refractivity contribution < 1.29 is 13.2 Å². The summed E-state index contributed by atoms with van der Waals surface area (Å²) in [6.07, 6.45) is 8.05. The van der Waals surface area contributed by atoms with E-state index in [4.69, 9.17) is 4.42 Å². The number of fused-ring (bicyclic) bond motifs is 2. The first-order valence-corrected chi connectivity index (χ1v) is 10.4. The van der Waals surface area contributed by atoms with Gasteiger partial charge in [0.1, 0.15) is 17.3 Å². The van der Waals surface area contributed by atoms with Gasteiger partial charge in [-0.15, -0.1) is 5.10 Å². The Labute approximate surface area is 190 Å². The number of benzene rings is 1. The molecule has 9 nitrogen and oxygen atoms in total. The first-order chi connectivity index (χ1) is 16.5. The number of hydrogen-bond acceptors (Lipinski definition) is 7. The van der Waals surface area contributed by atoms with E-state index < -0.39 is 17.7 Å². The Morgan fingerprint density at radius 1 is 1.06 bits per heavy atom. The van der Waals surface area contributed by atoms with Crippen molar-refractivity contribution in [3.8, 4) is 22.6 Å². The van der Waals surface area contributed by atoms with Crippen molar-refractivity contribution in [1.82, 2.24) is 39.7 Å². The van der Waals surface area contributed by atoms with Gasteiger partial charge in [-0.05, 0) is 25.1 Å². The van der Waals surface area contributed by atoms with Gasteiger partial charge in [0.25, 0.3) is 0 Å². The lowest BCUT2D eigenvalue weighted by atomic mass is 10.0. The van der Waals surface area contributed by atoms with Crippen LogP contribution in [0.4, 0.5) is 8.78 Å². The van der Waals surface area contributed by atoms with Gasteiger partial charge in [0, 0.05) is 47.6 Å². The van der Waals surface area contributed by atoms with Gasteiger partial charge in [-0.2, -0.15) is 5.10 Å². The van der Waals surface area contributed by atoms with Gasteiger partial charge in [0.2, 0.25) is 5.65 Å². The summed E-state index contributed by atoms with van der Waals surface area (Å²) in [5.74, 6) is -0.954. The van der Waals surface area contributed by atoms with Crippen LogP contribution in [0.3, 0.4) is 0 Å². The molecular formula is C23H16F2N8O. The molecule has 0 aliphatic heterocycles. The molecule has 1 unspecified atom stereocenters. The van der Waals surface area contributed by atoms with Crippen molar-refractivity contribution in [1.29, 1.82) is 0 Å². The van der Waals surface area contributed by atoms with Gasteiger partial charge in [-0.3, -0.25) is 9.67 Å². The molecule has 0 saturated heterocycles. The molecular weight excluding hydrogens is 442 g/mol. The molecule has 0 amide bonds. The largest absolute Gasteiger partial charge is 0.463 e. The van der Waals surface area contributed by atoms with Crippen LogP contribution in [0.2, 0.25) is 0 Å². The zero-order chi connectivity index (χ0) is 23.4. The van der Waals surface area contributed by atoms with Crippen LogP contribution in [0.25, 0.3) is 44.8 Å². The van der Waals surface area contributed by atoms with Gasteiger partial charge in [0.05, 0.1) is 30.2 Å². The predicted octanol–water partition coefficient (Wildman–Crippen LogP) is 4.32. The Hall–Kier alpha value is -4.54. The number of aryl methyl sites for hydroxylation is 1. The molecule has 0 radical (unpaired) electrons. The van der Waals surface area contributed by atoms with E-state index in [0.29, 0.717) is 17.0 Å². The molecule has 11 heteroatoms. The second-order valence-corrected chi connectivity index (χ2v) is 7.87. The van der Waals surface area contributed by atoms with Crippen molar-refractivity contribution in [2.45, 2.75) is 13.0 Å². The maximum absolute atomic E-state index is 15.8. The van der Waals surface area contributed by atoms with E-state index in [1.165, 1.54) is 23.2 Å². The lowest BCUT2D eigenvalue weighted by Crippen LogP contribution is -2.14. The number of hydrogen-bond donors (Lipinski definition) is 0. The van der Waals surface area contributed by atoms with Gasteiger partial charge < -0.3 is 4.42 Å². The van der Waals surface area contributed by atoms with E-state index in [2.05, 4.69) is 30.4 Å². The van der Waals surface area contributed by atoms with Crippen LogP contribution in [-0.2, 0) is 7.05 Å². The lowest BCUT2D eigenvalue weighted by molar-refractivity contribution is 0.484. The van der Waals surface area contributed by atoms with Crippen LogP contribution in [0.15, 0.2) is 59.7 Å². The number of aromatic nitrogens is 8. The summed E-state index contributed by atoms with van der Waals surface area (Å²) < 4.78 is 39.3. The maximum Gasteiger partial charge on any atom is 0.221 e. The second kappa shape index (κ2) is 7.51. The first-order valence-electron chi connectivity index (χ1n) is 10.4. The van der Waals surface area contributed by atoms with Crippen LogP contribution in [0, 0.1) is 11.6 Å². The van der Waals surface area contributed by atoms with Crippen LogP contribution >= 0.6 is 0 Å². The minimum Gasteiger partial charge on any atom is -0.463 e. The highest BCUT2D eigenvalue weighted by atomic mass is 19.1. The zero-order valence-electron chi connectivity index (χ0n) is 18.0. The fourth-order valence-electron chi connectivity index (χ4n) is 3.98. The highest BCUT2D eigenvalue weighted by molar-refractivity contribution is 5.85. The van der Waals surface area contributed by atoms with Crippen molar-refractivity contribution >= 4 is 22.2 Å². The molecule has 0 bridgehead atoms. The smallest absolute Gasteiger partial charge is 0.221 e. The average Bonchev–Trinajstić information content (AvgIpc) is 3.59. The van der Waals surface area contributed by atoms with Crippen LogP contribution in [0.1, 0.15) is 18.5 Å². The minimum atomic E-state index is -0.863. The molecule has 0 aliphatic rings. The van der Waals surface area contributed by atoms with Crippen molar-refractivity contribution in [3.05, 3.63) is 72.5 Å². The Balaban J connectivity index is 1.49. The number of nitrogens with zero attached hydrogens (tertiary/aromatic N) is 8. The Morgan fingerprint density at radius 2 is 1.94 bits per heavy atom. The van der Waals surface area contributed by atoms with E-state index in [1.807, 2.05) is 0 Å². The third kappa shape index (κ3) is 3.12. The van der Waals surface area contributed by atoms with Crippen LogP contribution in [0.5, 0.6) is 0 Å². The predicted molar refractivity (Wildman–Crippen MR) is 118 cm³/mol. The first kappa shape index (κ1) is 20.1. The third-order valence-corrected chi connectivity index (χ3v) is 5.70. The van der Waals surface area contributed by atoms with E-state index >= 15 is 8.78 Å². The monoisotopic (exact) mass is 458 g/mol. The summed E-state index contributed by atoms with van der Waals surface area (Å²) in [5, 5.41) is 12.4. The van der Waals surface area contributed by atoms with Gasteiger partial charge in [-0.1, -0.05) is 5.21 Å². The Morgan fingerprint density at radius 3 is 2.71 bits per heavy atom. The molecule has 5 aromatic heterocycles.